The van der Waals surface area contributed by atoms with E-state index in [-0.39, 0.29) is 5.56 Å². The minimum atomic E-state index is -0.747. The van der Waals surface area contributed by atoms with E-state index in [1.807, 2.05) is 47.1 Å². The van der Waals surface area contributed by atoms with E-state index < -0.39 is 5.60 Å². The van der Waals surface area contributed by atoms with Crippen molar-refractivity contribution in [2.24, 2.45) is 0 Å². The number of nitrogens with one attached hydrogen (secondary N) is 1. The lowest BCUT2D eigenvalue weighted by molar-refractivity contribution is -0.0203. The Labute approximate surface area is 140 Å². The van der Waals surface area contributed by atoms with Crippen molar-refractivity contribution in [3.63, 3.8) is 0 Å². The summed E-state index contributed by atoms with van der Waals surface area (Å²) in [6.07, 6.45) is 5.27. The van der Waals surface area contributed by atoms with Gasteiger partial charge in [0.05, 0.1) is 11.3 Å². The smallest absolute Gasteiger partial charge is 0.272 e. The highest BCUT2D eigenvalue weighted by atomic mass is 16.3. The van der Waals surface area contributed by atoms with Crippen LogP contribution in [0.5, 0.6) is 0 Å². The van der Waals surface area contributed by atoms with Crippen molar-refractivity contribution >= 4 is 5.52 Å². The lowest BCUT2D eigenvalue weighted by atomic mass is 9.84. The van der Waals surface area contributed by atoms with Crippen molar-refractivity contribution in [3.8, 4) is 11.3 Å². The Balaban J connectivity index is 1.67. The van der Waals surface area contributed by atoms with E-state index in [4.69, 9.17) is 0 Å². The normalized spacial score (nSPS) is 18.1. The molecule has 124 valence electrons. The monoisotopic (exact) mass is 323 g/mol. The van der Waals surface area contributed by atoms with Gasteiger partial charge in [0.1, 0.15) is 5.52 Å². The van der Waals surface area contributed by atoms with Gasteiger partial charge in [-0.2, -0.15) is 0 Å². The van der Waals surface area contributed by atoms with Crippen LogP contribution in [0.4, 0.5) is 0 Å². The molecule has 0 atom stereocenters. The van der Waals surface area contributed by atoms with Crippen LogP contribution in [0, 0.1) is 0 Å². The standard InChI is InChI=1S/C19H21N3O2/c1-21-11-8-19(24,9-12-21)15-6-4-14(5-7-15)16-13-22-10-2-3-17(22)18(23)20-16/h2-7,10,13,24H,8-9,11-12H2,1H3,(H,20,23). The summed E-state index contributed by atoms with van der Waals surface area (Å²) in [5, 5.41) is 10.9. The topological polar surface area (TPSA) is 60.7 Å². The number of hydrogen-bond acceptors (Lipinski definition) is 3. The molecule has 0 radical (unpaired) electrons. The molecule has 1 fully saturated rings. The van der Waals surface area contributed by atoms with E-state index in [9.17, 15) is 9.90 Å². The Morgan fingerprint density at radius 2 is 1.83 bits per heavy atom. The molecule has 24 heavy (non-hydrogen) atoms. The third-order valence-corrected chi connectivity index (χ3v) is 5.08. The Morgan fingerprint density at radius 3 is 2.54 bits per heavy atom. The molecule has 5 nitrogen and oxygen atoms in total. The summed E-state index contributed by atoms with van der Waals surface area (Å²) in [6.45, 7) is 1.80. The van der Waals surface area contributed by atoms with E-state index in [0.717, 1.165) is 42.8 Å². The molecule has 2 N–H and O–H groups in total. The zero-order chi connectivity index (χ0) is 16.7. The fourth-order valence-corrected chi connectivity index (χ4v) is 3.44. The van der Waals surface area contributed by atoms with Crippen molar-refractivity contribution in [1.29, 1.82) is 0 Å². The first-order valence-electron chi connectivity index (χ1n) is 8.27. The molecule has 2 aromatic heterocycles. The van der Waals surface area contributed by atoms with Gasteiger partial charge in [0.15, 0.2) is 0 Å². The van der Waals surface area contributed by atoms with E-state index in [0.29, 0.717) is 5.52 Å². The van der Waals surface area contributed by atoms with Crippen molar-refractivity contribution in [3.05, 3.63) is 64.7 Å². The Kier molecular flexibility index (Phi) is 3.55. The number of rotatable bonds is 2. The third-order valence-electron chi connectivity index (χ3n) is 5.08. The molecule has 1 aliphatic rings. The van der Waals surface area contributed by atoms with Crippen molar-refractivity contribution < 1.29 is 5.11 Å². The molecule has 3 aromatic rings. The predicted octanol–water partition coefficient (Wildman–Crippen LogP) is 2.21. The molecule has 4 rings (SSSR count). The second kappa shape index (κ2) is 5.61. The van der Waals surface area contributed by atoms with E-state index in [1.54, 1.807) is 6.07 Å². The molecule has 1 aliphatic heterocycles. The highest BCUT2D eigenvalue weighted by Crippen LogP contribution is 2.33. The number of aromatic amines is 1. The highest BCUT2D eigenvalue weighted by molar-refractivity contribution is 5.61. The van der Waals surface area contributed by atoms with E-state index >= 15 is 0 Å². The third kappa shape index (κ3) is 2.56. The molecule has 0 spiro atoms. The number of aliphatic hydroxyl groups is 1. The Bertz CT molecular complexity index is 916. The molecule has 0 amide bonds. The van der Waals surface area contributed by atoms with Gasteiger partial charge in [-0.15, -0.1) is 0 Å². The zero-order valence-corrected chi connectivity index (χ0v) is 13.7. The van der Waals surface area contributed by atoms with Gasteiger partial charge in [0, 0.05) is 25.5 Å². The number of fused-ring (bicyclic) bond motifs is 1. The van der Waals surface area contributed by atoms with Gasteiger partial charge in [-0.25, -0.2) is 0 Å². The molecule has 0 aliphatic carbocycles. The van der Waals surface area contributed by atoms with Gasteiger partial charge in [0.25, 0.3) is 5.56 Å². The second-order valence-corrected chi connectivity index (χ2v) is 6.71. The molecule has 1 aromatic carbocycles. The van der Waals surface area contributed by atoms with Crippen LogP contribution in [0.15, 0.2) is 53.6 Å². The molecule has 3 heterocycles. The van der Waals surface area contributed by atoms with Gasteiger partial charge in [0.2, 0.25) is 0 Å². The molecule has 5 heteroatoms. The molecule has 0 unspecified atom stereocenters. The van der Waals surface area contributed by atoms with Crippen LogP contribution in [-0.4, -0.2) is 39.5 Å². The van der Waals surface area contributed by atoms with E-state index in [2.05, 4.69) is 16.9 Å². The van der Waals surface area contributed by atoms with Crippen LogP contribution in [0.25, 0.3) is 16.8 Å². The van der Waals surface area contributed by atoms with Crippen molar-refractivity contribution in [1.82, 2.24) is 14.3 Å². The highest BCUT2D eigenvalue weighted by Gasteiger charge is 2.32. The van der Waals surface area contributed by atoms with Gasteiger partial charge < -0.3 is 19.4 Å². The van der Waals surface area contributed by atoms with Crippen LogP contribution in [-0.2, 0) is 5.60 Å². The van der Waals surface area contributed by atoms with E-state index in [1.165, 1.54) is 0 Å². The second-order valence-electron chi connectivity index (χ2n) is 6.71. The van der Waals surface area contributed by atoms with Gasteiger partial charge >= 0.3 is 0 Å². The lowest BCUT2D eigenvalue weighted by Gasteiger charge is -2.37. The quantitative estimate of drug-likeness (QED) is 0.760. The minimum Gasteiger partial charge on any atom is -0.385 e. The fraction of sp³-hybridized carbons (Fsp3) is 0.316. The SMILES string of the molecule is CN1CCC(O)(c2ccc(-c3cn4cccc4c(=O)[nH]3)cc2)CC1. The first kappa shape index (κ1) is 15.2. The zero-order valence-electron chi connectivity index (χ0n) is 13.7. The predicted molar refractivity (Wildman–Crippen MR) is 94.1 cm³/mol. The Hall–Kier alpha value is -2.37. The van der Waals surface area contributed by atoms with Crippen LogP contribution >= 0.6 is 0 Å². The summed E-state index contributed by atoms with van der Waals surface area (Å²) in [5.41, 5.74) is 2.44. The molecule has 0 bridgehead atoms. The van der Waals surface area contributed by atoms with Crippen LogP contribution in [0.1, 0.15) is 18.4 Å². The molecule has 1 saturated heterocycles. The van der Waals surface area contributed by atoms with Gasteiger partial charge in [-0.3, -0.25) is 4.79 Å². The summed E-state index contributed by atoms with van der Waals surface area (Å²) in [7, 11) is 2.08. The van der Waals surface area contributed by atoms with Crippen LogP contribution < -0.4 is 5.56 Å². The number of nitrogens with zero attached hydrogens (tertiary/aromatic N) is 2. The minimum absolute atomic E-state index is 0.101. The average molecular weight is 323 g/mol. The van der Waals surface area contributed by atoms with Crippen LogP contribution in [0.2, 0.25) is 0 Å². The number of piperidine rings is 1. The molecular formula is C19H21N3O2. The fourth-order valence-electron chi connectivity index (χ4n) is 3.44. The number of H-pyrrole nitrogens is 1. The van der Waals surface area contributed by atoms with Crippen molar-refractivity contribution in [2.45, 2.75) is 18.4 Å². The maximum atomic E-state index is 12.1. The largest absolute Gasteiger partial charge is 0.385 e. The maximum absolute atomic E-state index is 12.1. The maximum Gasteiger partial charge on any atom is 0.272 e. The Morgan fingerprint density at radius 1 is 1.12 bits per heavy atom. The summed E-state index contributed by atoms with van der Waals surface area (Å²) in [6, 6.07) is 11.5. The number of aromatic nitrogens is 2. The molecular weight excluding hydrogens is 302 g/mol. The molecule has 0 saturated carbocycles. The lowest BCUT2D eigenvalue weighted by Crippen LogP contribution is -2.40. The number of hydrogen-bond donors (Lipinski definition) is 2. The van der Waals surface area contributed by atoms with Gasteiger partial charge in [-0.05, 0) is 43.1 Å². The van der Waals surface area contributed by atoms with Gasteiger partial charge in [-0.1, -0.05) is 24.3 Å². The number of likely N-dealkylation sites (tertiary alicyclic amines) is 1. The average Bonchev–Trinajstić information content (AvgIpc) is 3.07. The van der Waals surface area contributed by atoms with Crippen molar-refractivity contribution in [2.75, 3.05) is 20.1 Å². The summed E-state index contributed by atoms with van der Waals surface area (Å²) in [4.78, 5) is 17.3. The first-order chi connectivity index (χ1) is 11.5. The summed E-state index contributed by atoms with van der Waals surface area (Å²) >= 11 is 0. The van der Waals surface area contributed by atoms with Crippen LogP contribution in [0.3, 0.4) is 0 Å². The summed E-state index contributed by atoms with van der Waals surface area (Å²) < 4.78 is 1.83. The number of benzene rings is 1. The first-order valence-corrected chi connectivity index (χ1v) is 8.27. The summed E-state index contributed by atoms with van der Waals surface area (Å²) in [5.74, 6) is 0.